The first kappa shape index (κ1) is 14.8. The summed E-state index contributed by atoms with van der Waals surface area (Å²) >= 11 is 0. The van der Waals surface area contributed by atoms with Crippen LogP contribution in [0.4, 0.5) is 0 Å². The van der Waals surface area contributed by atoms with Crippen molar-refractivity contribution in [2.24, 2.45) is 5.92 Å². The van der Waals surface area contributed by atoms with E-state index in [1.54, 1.807) is 0 Å². The molecule has 0 aliphatic heterocycles. The van der Waals surface area contributed by atoms with Crippen LogP contribution in [0.1, 0.15) is 50.2 Å². The smallest absolute Gasteiger partial charge is 0.225 e. The summed E-state index contributed by atoms with van der Waals surface area (Å²) in [4.78, 5) is 18.3. The van der Waals surface area contributed by atoms with Gasteiger partial charge in [0.1, 0.15) is 0 Å². The lowest BCUT2D eigenvalue weighted by Crippen LogP contribution is -2.47. The van der Waals surface area contributed by atoms with Crippen molar-refractivity contribution in [3.63, 3.8) is 0 Å². The minimum atomic E-state index is 0.315. The Kier molecular flexibility index (Phi) is 3.88. The Bertz CT molecular complexity index is 714. The molecule has 23 heavy (non-hydrogen) atoms. The number of carbonyl (C=O) groups excluding carboxylic acids is 1. The largest absolute Gasteiger partial charge is 0.361 e. The third kappa shape index (κ3) is 2.56. The van der Waals surface area contributed by atoms with Crippen molar-refractivity contribution >= 4 is 16.8 Å². The summed E-state index contributed by atoms with van der Waals surface area (Å²) in [6.45, 7) is 3.10. The Labute approximate surface area is 138 Å². The number of fused-ring (bicyclic) bond motifs is 3. The van der Waals surface area contributed by atoms with Crippen molar-refractivity contribution in [1.29, 1.82) is 0 Å². The number of hydrogen-bond donors (Lipinski definition) is 1. The second-order valence-corrected chi connectivity index (χ2v) is 7.20. The van der Waals surface area contributed by atoms with E-state index in [2.05, 4.69) is 35.0 Å². The van der Waals surface area contributed by atoms with Crippen LogP contribution in [0, 0.1) is 5.92 Å². The number of aromatic amines is 1. The average molecular weight is 310 g/mol. The van der Waals surface area contributed by atoms with E-state index in [4.69, 9.17) is 0 Å². The number of benzene rings is 1. The molecule has 1 amide bonds. The van der Waals surface area contributed by atoms with Gasteiger partial charge in [0.15, 0.2) is 0 Å². The molecule has 1 N–H and O–H groups in total. The molecule has 122 valence electrons. The van der Waals surface area contributed by atoms with Crippen molar-refractivity contribution < 1.29 is 4.79 Å². The lowest BCUT2D eigenvalue weighted by molar-refractivity contribution is -0.140. The molecule has 0 radical (unpaired) electrons. The van der Waals surface area contributed by atoms with Crippen LogP contribution in [0.5, 0.6) is 0 Å². The van der Waals surface area contributed by atoms with Gasteiger partial charge in [0.25, 0.3) is 0 Å². The molecule has 1 aromatic heterocycles. The van der Waals surface area contributed by atoms with Gasteiger partial charge in [-0.2, -0.15) is 0 Å². The van der Waals surface area contributed by atoms with Gasteiger partial charge in [-0.25, -0.2) is 0 Å². The van der Waals surface area contributed by atoms with E-state index in [0.29, 0.717) is 17.9 Å². The maximum absolute atomic E-state index is 12.8. The van der Waals surface area contributed by atoms with Crippen molar-refractivity contribution in [2.45, 2.75) is 57.9 Å². The van der Waals surface area contributed by atoms with E-state index >= 15 is 0 Å². The average Bonchev–Trinajstić information content (AvgIpc) is 2.99. The number of rotatable bonds is 4. The zero-order chi connectivity index (χ0) is 15.8. The number of carbonyl (C=O) groups is 1. The summed E-state index contributed by atoms with van der Waals surface area (Å²) in [5.41, 5.74) is 4.17. The van der Waals surface area contributed by atoms with Gasteiger partial charge in [0, 0.05) is 35.6 Å². The normalized spacial score (nSPS) is 21.0. The van der Waals surface area contributed by atoms with Crippen LogP contribution in [-0.2, 0) is 17.6 Å². The number of aromatic nitrogens is 1. The lowest BCUT2D eigenvalue weighted by atomic mass is 9.82. The van der Waals surface area contributed by atoms with Crippen LogP contribution >= 0.6 is 0 Å². The van der Waals surface area contributed by atoms with Crippen LogP contribution in [0.15, 0.2) is 24.4 Å². The molecule has 0 saturated heterocycles. The molecule has 1 unspecified atom stereocenters. The van der Waals surface area contributed by atoms with Crippen LogP contribution in [0.3, 0.4) is 0 Å². The highest BCUT2D eigenvalue weighted by Gasteiger charge is 2.34. The molecular formula is C20H26N2O. The molecule has 1 heterocycles. The van der Waals surface area contributed by atoms with E-state index < -0.39 is 0 Å². The van der Waals surface area contributed by atoms with Gasteiger partial charge in [-0.3, -0.25) is 4.79 Å². The van der Waals surface area contributed by atoms with E-state index in [9.17, 15) is 4.79 Å². The topological polar surface area (TPSA) is 36.1 Å². The van der Waals surface area contributed by atoms with E-state index in [1.807, 2.05) is 6.20 Å². The fraction of sp³-hybridized carbons (Fsp3) is 0.550. The molecule has 1 saturated carbocycles. The number of nitrogens with zero attached hydrogens (tertiary/aromatic N) is 1. The van der Waals surface area contributed by atoms with Crippen molar-refractivity contribution in [3.8, 4) is 0 Å². The Morgan fingerprint density at radius 1 is 1.26 bits per heavy atom. The number of nitrogens with one attached hydrogen (secondary N) is 1. The van der Waals surface area contributed by atoms with Crippen molar-refractivity contribution in [3.05, 3.63) is 35.5 Å². The second kappa shape index (κ2) is 6.03. The molecule has 0 spiro atoms. The fourth-order valence-electron chi connectivity index (χ4n) is 4.26. The first-order valence-corrected chi connectivity index (χ1v) is 9.16. The first-order chi connectivity index (χ1) is 11.3. The molecule has 2 aromatic rings. The van der Waals surface area contributed by atoms with Gasteiger partial charge >= 0.3 is 0 Å². The minimum Gasteiger partial charge on any atom is -0.361 e. The number of amides is 1. The molecule has 1 fully saturated rings. The third-order valence-electron chi connectivity index (χ3n) is 5.77. The molecule has 2 aliphatic rings. The zero-order valence-electron chi connectivity index (χ0n) is 14.0. The second-order valence-electron chi connectivity index (χ2n) is 7.20. The summed E-state index contributed by atoms with van der Waals surface area (Å²) < 4.78 is 0. The number of aryl methyl sites for hydroxylation is 1. The standard InChI is InChI=1S/C20H26N2O/c1-2-12-22(20(23)14-4-3-5-14)16-7-8-17-15(13-16)6-9-19-18(17)10-11-21-19/h6,9-11,14,16,21H,2-5,7-8,12-13H2,1H3. The maximum Gasteiger partial charge on any atom is 0.225 e. The highest BCUT2D eigenvalue weighted by atomic mass is 16.2. The summed E-state index contributed by atoms with van der Waals surface area (Å²) in [7, 11) is 0. The van der Waals surface area contributed by atoms with E-state index in [1.165, 1.54) is 28.5 Å². The molecule has 1 atom stereocenters. The van der Waals surface area contributed by atoms with Gasteiger partial charge in [-0.15, -0.1) is 0 Å². The summed E-state index contributed by atoms with van der Waals surface area (Å²) in [5, 5.41) is 1.37. The Morgan fingerprint density at radius 2 is 2.13 bits per heavy atom. The third-order valence-corrected chi connectivity index (χ3v) is 5.77. The Morgan fingerprint density at radius 3 is 2.87 bits per heavy atom. The molecule has 4 rings (SSSR count). The minimum absolute atomic E-state index is 0.315. The summed E-state index contributed by atoms with van der Waals surface area (Å²) in [6, 6.07) is 7.04. The predicted octanol–water partition coefficient (Wildman–Crippen LogP) is 4.06. The van der Waals surface area contributed by atoms with Gasteiger partial charge in [0.05, 0.1) is 0 Å². The number of hydrogen-bond acceptors (Lipinski definition) is 1. The maximum atomic E-state index is 12.8. The van der Waals surface area contributed by atoms with Crippen molar-refractivity contribution in [2.75, 3.05) is 6.54 Å². The highest BCUT2D eigenvalue weighted by Crippen LogP contribution is 2.33. The summed E-state index contributed by atoms with van der Waals surface area (Å²) in [6.07, 6.45) is 9.74. The zero-order valence-corrected chi connectivity index (χ0v) is 14.0. The lowest BCUT2D eigenvalue weighted by Gasteiger charge is -2.39. The van der Waals surface area contributed by atoms with Crippen molar-refractivity contribution in [1.82, 2.24) is 9.88 Å². The summed E-state index contributed by atoms with van der Waals surface area (Å²) in [5.74, 6) is 0.740. The Hall–Kier alpha value is -1.77. The highest BCUT2D eigenvalue weighted by molar-refractivity contribution is 5.84. The van der Waals surface area contributed by atoms with Gasteiger partial charge in [0.2, 0.25) is 5.91 Å². The SMILES string of the molecule is CCCN(C(=O)C1CCC1)C1CCc2c(ccc3[nH]ccc23)C1. The molecule has 3 nitrogen and oxygen atoms in total. The Balaban J connectivity index is 1.58. The quantitative estimate of drug-likeness (QED) is 0.908. The van der Waals surface area contributed by atoms with E-state index in [-0.39, 0.29) is 0 Å². The number of H-pyrrole nitrogens is 1. The van der Waals surface area contributed by atoms with Crippen LogP contribution in [-0.4, -0.2) is 28.4 Å². The van der Waals surface area contributed by atoms with Crippen LogP contribution < -0.4 is 0 Å². The molecular weight excluding hydrogens is 284 g/mol. The van der Waals surface area contributed by atoms with Gasteiger partial charge in [-0.05, 0) is 61.8 Å². The monoisotopic (exact) mass is 310 g/mol. The molecule has 3 heteroatoms. The van der Waals surface area contributed by atoms with Gasteiger partial charge in [-0.1, -0.05) is 19.4 Å². The van der Waals surface area contributed by atoms with E-state index in [0.717, 1.165) is 45.1 Å². The molecule has 0 bridgehead atoms. The molecule has 1 aromatic carbocycles. The molecule has 2 aliphatic carbocycles. The fourth-order valence-corrected chi connectivity index (χ4v) is 4.26. The first-order valence-electron chi connectivity index (χ1n) is 9.16. The van der Waals surface area contributed by atoms with Gasteiger partial charge < -0.3 is 9.88 Å². The van der Waals surface area contributed by atoms with Crippen LogP contribution in [0.25, 0.3) is 10.9 Å². The van der Waals surface area contributed by atoms with Crippen LogP contribution in [0.2, 0.25) is 0 Å². The predicted molar refractivity (Wildman–Crippen MR) is 93.5 cm³/mol.